The van der Waals surface area contributed by atoms with Crippen molar-refractivity contribution >= 4 is 11.0 Å². The lowest BCUT2D eigenvalue weighted by atomic mass is 10.1. The Morgan fingerprint density at radius 2 is 1.81 bits per heavy atom. The van der Waals surface area contributed by atoms with E-state index < -0.39 is 0 Å². The first kappa shape index (κ1) is 17.3. The van der Waals surface area contributed by atoms with Crippen LogP contribution in [-0.4, -0.2) is 19.3 Å². The molecule has 4 aromatic rings. The van der Waals surface area contributed by atoms with Crippen LogP contribution in [0.4, 0.5) is 0 Å². The lowest BCUT2D eigenvalue weighted by Crippen LogP contribution is -2.23. The van der Waals surface area contributed by atoms with Crippen molar-refractivity contribution in [3.8, 4) is 11.5 Å². The van der Waals surface area contributed by atoms with E-state index in [-0.39, 0.29) is 5.56 Å². The molecule has 0 unspecified atom stereocenters. The molecule has 6 heteroatoms. The number of hydrogen-bond acceptors (Lipinski definition) is 4. The summed E-state index contributed by atoms with van der Waals surface area (Å²) in [6, 6.07) is 9.64. The predicted molar refractivity (Wildman–Crippen MR) is 105 cm³/mol. The SMILES string of the molecule is Cc1ccccc1-c1nc(Cn2c(=O)cc(C)c3c(C)nn(C)c32)c(C)o1. The highest BCUT2D eigenvalue weighted by Gasteiger charge is 2.18. The zero-order chi connectivity index (χ0) is 19.3. The summed E-state index contributed by atoms with van der Waals surface area (Å²) in [5, 5.41) is 5.51. The summed E-state index contributed by atoms with van der Waals surface area (Å²) in [7, 11) is 1.86. The van der Waals surface area contributed by atoms with E-state index in [0.29, 0.717) is 18.2 Å². The fraction of sp³-hybridized carbons (Fsp3) is 0.286. The summed E-state index contributed by atoms with van der Waals surface area (Å²) in [5.41, 5.74) is 5.40. The predicted octanol–water partition coefficient (Wildman–Crippen LogP) is 3.67. The van der Waals surface area contributed by atoms with Gasteiger partial charge in [0.1, 0.15) is 17.1 Å². The molecule has 0 atom stereocenters. The van der Waals surface area contributed by atoms with Crippen LogP contribution in [0, 0.1) is 27.7 Å². The minimum absolute atomic E-state index is 0.0668. The lowest BCUT2D eigenvalue weighted by Gasteiger charge is -2.09. The summed E-state index contributed by atoms with van der Waals surface area (Å²) in [6.45, 7) is 8.16. The number of aryl methyl sites for hydroxylation is 5. The summed E-state index contributed by atoms with van der Waals surface area (Å²) >= 11 is 0. The maximum absolute atomic E-state index is 12.7. The highest BCUT2D eigenvalue weighted by atomic mass is 16.4. The molecule has 0 spiro atoms. The second-order valence-corrected chi connectivity index (χ2v) is 7.00. The third kappa shape index (κ3) is 2.77. The molecule has 0 amide bonds. The molecule has 1 aromatic carbocycles. The van der Waals surface area contributed by atoms with E-state index in [0.717, 1.165) is 39.1 Å². The van der Waals surface area contributed by atoms with Crippen LogP contribution in [0.2, 0.25) is 0 Å². The third-order valence-corrected chi connectivity index (χ3v) is 5.02. The van der Waals surface area contributed by atoms with Crippen LogP contribution in [0.1, 0.15) is 28.3 Å². The van der Waals surface area contributed by atoms with Gasteiger partial charge >= 0.3 is 0 Å². The van der Waals surface area contributed by atoms with E-state index in [9.17, 15) is 4.79 Å². The average Bonchev–Trinajstić information content (AvgIpc) is 3.11. The highest BCUT2D eigenvalue weighted by molar-refractivity contribution is 5.82. The van der Waals surface area contributed by atoms with Gasteiger partial charge in [-0.15, -0.1) is 0 Å². The fourth-order valence-corrected chi connectivity index (χ4v) is 3.66. The van der Waals surface area contributed by atoms with Crippen LogP contribution in [0.3, 0.4) is 0 Å². The van der Waals surface area contributed by atoms with E-state index in [1.807, 2.05) is 59.0 Å². The first-order valence-electron chi connectivity index (χ1n) is 8.93. The minimum atomic E-state index is -0.0668. The standard InChI is InChI=1S/C21H22N4O2/c1-12-8-6-7-9-16(12)20-22-17(15(4)27-20)11-25-18(26)10-13(2)19-14(3)23-24(5)21(19)25/h6-10H,11H2,1-5H3. The number of benzene rings is 1. The molecular weight excluding hydrogens is 340 g/mol. The zero-order valence-corrected chi connectivity index (χ0v) is 16.2. The highest BCUT2D eigenvalue weighted by Crippen LogP contribution is 2.26. The lowest BCUT2D eigenvalue weighted by molar-refractivity contribution is 0.537. The molecule has 138 valence electrons. The van der Waals surface area contributed by atoms with Crippen molar-refractivity contribution in [3.63, 3.8) is 0 Å². The van der Waals surface area contributed by atoms with Crippen molar-refractivity contribution in [2.45, 2.75) is 34.2 Å². The van der Waals surface area contributed by atoms with Gasteiger partial charge in [0.15, 0.2) is 0 Å². The molecule has 0 N–H and O–H groups in total. The molecule has 3 heterocycles. The second kappa shape index (κ2) is 6.23. The van der Waals surface area contributed by atoms with Crippen LogP contribution in [0.25, 0.3) is 22.5 Å². The van der Waals surface area contributed by atoms with Crippen molar-refractivity contribution in [1.82, 2.24) is 19.3 Å². The summed E-state index contributed by atoms with van der Waals surface area (Å²) in [6.07, 6.45) is 0. The van der Waals surface area contributed by atoms with Crippen LogP contribution >= 0.6 is 0 Å². The molecule has 6 nitrogen and oxygen atoms in total. The van der Waals surface area contributed by atoms with Gasteiger partial charge < -0.3 is 4.42 Å². The molecular formula is C21H22N4O2. The first-order valence-corrected chi connectivity index (χ1v) is 8.93. The quantitative estimate of drug-likeness (QED) is 0.558. The Balaban J connectivity index is 1.85. The van der Waals surface area contributed by atoms with Gasteiger partial charge in [-0.2, -0.15) is 5.10 Å². The normalized spacial score (nSPS) is 11.4. The number of fused-ring (bicyclic) bond motifs is 1. The summed E-state index contributed by atoms with van der Waals surface area (Å²) < 4.78 is 9.39. The third-order valence-electron chi connectivity index (χ3n) is 5.02. The van der Waals surface area contributed by atoms with Crippen molar-refractivity contribution in [2.24, 2.45) is 7.05 Å². The minimum Gasteiger partial charge on any atom is -0.441 e. The molecule has 0 radical (unpaired) electrons. The number of rotatable bonds is 3. The summed E-state index contributed by atoms with van der Waals surface area (Å²) in [4.78, 5) is 17.4. The maximum Gasteiger partial charge on any atom is 0.252 e. The van der Waals surface area contributed by atoms with Crippen molar-refractivity contribution in [1.29, 1.82) is 0 Å². The number of pyridine rings is 1. The van der Waals surface area contributed by atoms with Crippen LogP contribution in [-0.2, 0) is 13.6 Å². The topological polar surface area (TPSA) is 65.8 Å². The smallest absolute Gasteiger partial charge is 0.252 e. The zero-order valence-electron chi connectivity index (χ0n) is 16.2. The Bertz CT molecular complexity index is 1230. The van der Waals surface area contributed by atoms with Gasteiger partial charge in [-0.1, -0.05) is 18.2 Å². The van der Waals surface area contributed by atoms with Gasteiger partial charge in [-0.3, -0.25) is 14.0 Å². The second-order valence-electron chi connectivity index (χ2n) is 7.00. The van der Waals surface area contributed by atoms with Gasteiger partial charge in [-0.05, 0) is 44.9 Å². The molecule has 0 aliphatic heterocycles. The van der Waals surface area contributed by atoms with Crippen LogP contribution < -0.4 is 5.56 Å². The maximum atomic E-state index is 12.7. The van der Waals surface area contributed by atoms with E-state index in [4.69, 9.17) is 4.42 Å². The molecule has 27 heavy (non-hydrogen) atoms. The Hall–Kier alpha value is -3.15. The fourth-order valence-electron chi connectivity index (χ4n) is 3.66. The molecule has 0 aliphatic rings. The molecule has 0 bridgehead atoms. The van der Waals surface area contributed by atoms with Crippen molar-refractivity contribution in [3.05, 3.63) is 69.0 Å². The molecule has 0 aliphatic carbocycles. The number of aromatic nitrogens is 4. The first-order chi connectivity index (χ1) is 12.9. The van der Waals surface area contributed by atoms with E-state index in [1.54, 1.807) is 15.3 Å². The Morgan fingerprint density at radius 1 is 1.07 bits per heavy atom. The van der Waals surface area contributed by atoms with E-state index in [1.165, 1.54) is 0 Å². The molecule has 0 fully saturated rings. The molecule has 0 saturated heterocycles. The Labute approximate surface area is 157 Å². The molecule has 4 rings (SSSR count). The van der Waals surface area contributed by atoms with Gasteiger partial charge in [-0.25, -0.2) is 4.98 Å². The van der Waals surface area contributed by atoms with Gasteiger partial charge in [0.05, 0.1) is 12.2 Å². The number of hydrogen-bond donors (Lipinski definition) is 0. The molecule has 3 aromatic heterocycles. The largest absolute Gasteiger partial charge is 0.441 e. The molecule has 0 saturated carbocycles. The van der Waals surface area contributed by atoms with Crippen molar-refractivity contribution < 1.29 is 4.42 Å². The van der Waals surface area contributed by atoms with E-state index >= 15 is 0 Å². The van der Waals surface area contributed by atoms with Gasteiger partial charge in [0.2, 0.25) is 5.89 Å². The van der Waals surface area contributed by atoms with E-state index in [2.05, 4.69) is 10.1 Å². The van der Waals surface area contributed by atoms with Crippen LogP contribution in [0.5, 0.6) is 0 Å². The summed E-state index contributed by atoms with van der Waals surface area (Å²) in [5.74, 6) is 1.30. The number of nitrogens with zero attached hydrogens (tertiary/aromatic N) is 4. The van der Waals surface area contributed by atoms with Gasteiger partial charge in [0.25, 0.3) is 5.56 Å². The Morgan fingerprint density at radius 3 is 2.56 bits per heavy atom. The number of oxazole rings is 1. The van der Waals surface area contributed by atoms with Crippen molar-refractivity contribution in [2.75, 3.05) is 0 Å². The average molecular weight is 362 g/mol. The van der Waals surface area contributed by atoms with Gasteiger partial charge in [0, 0.05) is 24.1 Å². The van der Waals surface area contributed by atoms with Crippen LogP contribution in [0.15, 0.2) is 39.5 Å². The Kier molecular flexibility index (Phi) is 3.98. The monoisotopic (exact) mass is 362 g/mol.